The maximum absolute atomic E-state index is 11.2. The summed E-state index contributed by atoms with van der Waals surface area (Å²) in [5.74, 6) is 1.69. The SMILES string of the molecule is COc1ccccc1CC1(Cc2ccccc2OC)C=C(C(C)(C)C)C=CC1O. The normalized spacial score (nSPS) is 18.3. The average molecular weight is 393 g/mol. The molecule has 0 spiro atoms. The summed E-state index contributed by atoms with van der Waals surface area (Å²) in [6.45, 7) is 6.62. The van der Waals surface area contributed by atoms with Gasteiger partial charge in [-0.3, -0.25) is 0 Å². The van der Waals surface area contributed by atoms with E-state index in [2.05, 4.69) is 45.1 Å². The van der Waals surface area contributed by atoms with E-state index in [0.29, 0.717) is 12.8 Å². The third-order valence-corrected chi connectivity index (χ3v) is 5.78. The molecule has 2 aromatic rings. The smallest absolute Gasteiger partial charge is 0.122 e. The Morgan fingerprint density at radius 2 is 1.34 bits per heavy atom. The molecule has 0 aliphatic heterocycles. The van der Waals surface area contributed by atoms with Crippen molar-refractivity contribution in [1.82, 2.24) is 0 Å². The predicted octanol–water partition coefficient (Wildman–Crippen LogP) is 5.38. The molecule has 1 unspecified atom stereocenters. The third-order valence-electron chi connectivity index (χ3n) is 5.78. The fourth-order valence-electron chi connectivity index (χ4n) is 4.08. The van der Waals surface area contributed by atoms with Gasteiger partial charge in [0.1, 0.15) is 11.5 Å². The number of benzene rings is 2. The molecule has 0 fully saturated rings. The van der Waals surface area contributed by atoms with Crippen molar-refractivity contribution in [2.45, 2.75) is 39.7 Å². The zero-order chi connectivity index (χ0) is 21.1. The van der Waals surface area contributed by atoms with E-state index in [1.54, 1.807) is 14.2 Å². The van der Waals surface area contributed by atoms with Gasteiger partial charge in [-0.15, -0.1) is 0 Å². The molecule has 0 saturated carbocycles. The van der Waals surface area contributed by atoms with Gasteiger partial charge in [0.05, 0.1) is 20.3 Å². The van der Waals surface area contributed by atoms with Gasteiger partial charge in [-0.25, -0.2) is 0 Å². The Morgan fingerprint density at radius 3 is 1.79 bits per heavy atom. The van der Waals surface area contributed by atoms with Gasteiger partial charge in [0.25, 0.3) is 0 Å². The molecule has 0 amide bonds. The molecule has 0 bridgehead atoms. The second kappa shape index (κ2) is 8.46. The van der Waals surface area contributed by atoms with Crippen LogP contribution in [-0.2, 0) is 12.8 Å². The monoisotopic (exact) mass is 392 g/mol. The Morgan fingerprint density at radius 1 is 0.862 bits per heavy atom. The molecular formula is C26H32O3. The summed E-state index contributed by atoms with van der Waals surface area (Å²) in [5.41, 5.74) is 2.89. The van der Waals surface area contributed by atoms with Crippen LogP contribution in [-0.4, -0.2) is 25.4 Å². The maximum Gasteiger partial charge on any atom is 0.122 e. The van der Waals surface area contributed by atoms with Crippen molar-refractivity contribution in [1.29, 1.82) is 0 Å². The standard InChI is InChI=1S/C26H32O3/c1-25(2,3)21-14-15-24(27)26(18-21,16-19-10-6-8-12-22(19)28-4)17-20-11-7-9-13-23(20)29-5/h6-15,18,24,27H,16-17H2,1-5H3. The number of methoxy groups -OCH3 is 2. The van der Waals surface area contributed by atoms with E-state index < -0.39 is 11.5 Å². The summed E-state index contributed by atoms with van der Waals surface area (Å²) in [5, 5.41) is 11.2. The Labute approximate surface area is 174 Å². The molecule has 2 aromatic carbocycles. The minimum absolute atomic E-state index is 0.0105. The summed E-state index contributed by atoms with van der Waals surface area (Å²) >= 11 is 0. The summed E-state index contributed by atoms with van der Waals surface area (Å²) in [6.07, 6.45) is 7.00. The number of rotatable bonds is 6. The Hall–Kier alpha value is -2.52. The first kappa shape index (κ1) is 21.2. The van der Waals surface area contributed by atoms with Crippen molar-refractivity contribution in [3.63, 3.8) is 0 Å². The molecule has 1 atom stereocenters. The number of aliphatic hydroxyl groups excluding tert-OH is 1. The molecule has 0 radical (unpaired) electrons. The van der Waals surface area contributed by atoms with Gasteiger partial charge in [-0.1, -0.05) is 75.4 Å². The van der Waals surface area contributed by atoms with Crippen LogP contribution in [0.1, 0.15) is 31.9 Å². The molecule has 3 nitrogen and oxygen atoms in total. The summed E-state index contributed by atoms with van der Waals surface area (Å²) in [7, 11) is 3.39. The first-order valence-electron chi connectivity index (χ1n) is 10.1. The van der Waals surface area contributed by atoms with Gasteiger partial charge in [0.2, 0.25) is 0 Å². The molecule has 3 rings (SSSR count). The minimum Gasteiger partial charge on any atom is -0.496 e. The number of ether oxygens (including phenoxy) is 2. The van der Waals surface area contributed by atoms with Crippen molar-refractivity contribution in [3.05, 3.63) is 83.5 Å². The molecule has 1 N–H and O–H groups in total. The van der Waals surface area contributed by atoms with Gasteiger partial charge in [-0.05, 0) is 47.1 Å². The predicted molar refractivity (Wildman–Crippen MR) is 119 cm³/mol. The van der Waals surface area contributed by atoms with Gasteiger partial charge >= 0.3 is 0 Å². The maximum atomic E-state index is 11.2. The van der Waals surface area contributed by atoms with Crippen LogP contribution in [0, 0.1) is 10.8 Å². The van der Waals surface area contributed by atoms with Gasteiger partial charge in [0.15, 0.2) is 0 Å². The van der Waals surface area contributed by atoms with Crippen molar-refractivity contribution in [2.75, 3.05) is 14.2 Å². The number of para-hydroxylation sites is 2. The topological polar surface area (TPSA) is 38.7 Å². The molecule has 0 heterocycles. The van der Waals surface area contributed by atoms with Gasteiger partial charge in [0, 0.05) is 5.41 Å². The number of allylic oxidation sites excluding steroid dienone is 2. The van der Waals surface area contributed by atoms with Crippen molar-refractivity contribution < 1.29 is 14.6 Å². The lowest BCUT2D eigenvalue weighted by molar-refractivity contribution is 0.0935. The van der Waals surface area contributed by atoms with Crippen LogP contribution in [0.4, 0.5) is 0 Å². The highest BCUT2D eigenvalue weighted by Crippen LogP contribution is 2.44. The molecule has 0 aromatic heterocycles. The van der Waals surface area contributed by atoms with Crippen LogP contribution in [0.5, 0.6) is 11.5 Å². The van der Waals surface area contributed by atoms with E-state index in [1.165, 1.54) is 5.57 Å². The second-order valence-electron chi connectivity index (χ2n) is 8.86. The van der Waals surface area contributed by atoms with Gasteiger partial charge in [-0.2, -0.15) is 0 Å². The first-order valence-corrected chi connectivity index (χ1v) is 10.1. The summed E-state index contributed by atoms with van der Waals surface area (Å²) < 4.78 is 11.2. The second-order valence-corrected chi connectivity index (χ2v) is 8.86. The van der Waals surface area contributed by atoms with E-state index in [-0.39, 0.29) is 5.41 Å². The Balaban J connectivity index is 2.13. The van der Waals surface area contributed by atoms with Gasteiger partial charge < -0.3 is 14.6 Å². The highest BCUT2D eigenvalue weighted by atomic mass is 16.5. The van der Waals surface area contributed by atoms with E-state index >= 15 is 0 Å². The highest BCUT2D eigenvalue weighted by molar-refractivity contribution is 5.43. The first-order chi connectivity index (χ1) is 13.8. The lowest BCUT2D eigenvalue weighted by Crippen LogP contribution is -2.39. The lowest BCUT2D eigenvalue weighted by Gasteiger charge is -2.40. The van der Waals surface area contributed by atoms with Crippen LogP contribution in [0.2, 0.25) is 0 Å². The van der Waals surface area contributed by atoms with Crippen LogP contribution in [0.15, 0.2) is 72.3 Å². The zero-order valence-electron chi connectivity index (χ0n) is 18.1. The Bertz CT molecular complexity index is 853. The van der Waals surface area contributed by atoms with Crippen molar-refractivity contribution >= 4 is 0 Å². The summed E-state index contributed by atoms with van der Waals surface area (Å²) in [6, 6.07) is 16.1. The molecule has 1 aliphatic carbocycles. The zero-order valence-corrected chi connectivity index (χ0v) is 18.1. The minimum atomic E-state index is -0.608. The number of aliphatic hydroxyl groups is 1. The quantitative estimate of drug-likeness (QED) is 0.717. The molecule has 0 saturated heterocycles. The van der Waals surface area contributed by atoms with Crippen molar-refractivity contribution in [2.24, 2.45) is 10.8 Å². The van der Waals surface area contributed by atoms with Crippen LogP contribution in [0.25, 0.3) is 0 Å². The summed E-state index contributed by atoms with van der Waals surface area (Å²) in [4.78, 5) is 0. The van der Waals surface area contributed by atoms with E-state index in [4.69, 9.17) is 9.47 Å². The molecule has 1 aliphatic rings. The van der Waals surface area contributed by atoms with E-state index in [0.717, 1.165) is 22.6 Å². The fraction of sp³-hybridized carbons (Fsp3) is 0.385. The number of hydrogen-bond acceptors (Lipinski definition) is 3. The third kappa shape index (κ3) is 4.56. The lowest BCUT2D eigenvalue weighted by atomic mass is 9.66. The molecule has 3 heteroatoms. The average Bonchev–Trinajstić information content (AvgIpc) is 2.70. The van der Waals surface area contributed by atoms with Crippen LogP contribution in [0.3, 0.4) is 0 Å². The molecule has 29 heavy (non-hydrogen) atoms. The van der Waals surface area contributed by atoms with E-state index in [9.17, 15) is 5.11 Å². The fourth-order valence-corrected chi connectivity index (χ4v) is 4.08. The van der Waals surface area contributed by atoms with Crippen LogP contribution < -0.4 is 9.47 Å². The van der Waals surface area contributed by atoms with Crippen molar-refractivity contribution in [3.8, 4) is 11.5 Å². The van der Waals surface area contributed by atoms with E-state index in [1.807, 2.05) is 42.5 Å². The van der Waals surface area contributed by atoms with Crippen LogP contribution >= 0.6 is 0 Å². The molecule has 154 valence electrons. The molecular weight excluding hydrogens is 360 g/mol. The largest absolute Gasteiger partial charge is 0.496 e. The number of hydrogen-bond donors (Lipinski definition) is 1. The highest BCUT2D eigenvalue weighted by Gasteiger charge is 2.40. The Kier molecular flexibility index (Phi) is 6.18.